The van der Waals surface area contributed by atoms with E-state index in [1.807, 2.05) is 0 Å². The van der Waals surface area contributed by atoms with Crippen LogP contribution in [0.3, 0.4) is 0 Å². The Kier molecular flexibility index (Phi) is 7.98. The summed E-state index contributed by atoms with van der Waals surface area (Å²) in [5.41, 5.74) is 0.818. The van der Waals surface area contributed by atoms with E-state index in [1.54, 1.807) is 12.1 Å². The minimum atomic E-state index is -3.49. The number of carbonyl (C=O) groups is 1. The normalized spacial score (nSPS) is 15.3. The van der Waals surface area contributed by atoms with Gasteiger partial charge in [-0.1, -0.05) is 12.1 Å². The number of sulfonamides is 1. The number of nitrogens with one attached hydrogen (secondary N) is 1. The molecule has 6 nitrogen and oxygen atoms in total. The number of benzene rings is 1. The standard InChI is InChI=1S/C15H22N2O4S.ClH/c18-15(19)8-5-13-3-6-14(7-4-13)22(20,21)16-9-12-17-10-1-2-11-17;/h3-4,6-7,16H,1-2,5,8-12H2,(H,18,19);1H. The fourth-order valence-electron chi connectivity index (χ4n) is 2.51. The van der Waals surface area contributed by atoms with Crippen molar-refractivity contribution in [2.75, 3.05) is 26.2 Å². The van der Waals surface area contributed by atoms with Crippen LogP contribution in [-0.2, 0) is 21.2 Å². The molecule has 1 heterocycles. The topological polar surface area (TPSA) is 86.7 Å². The number of carboxylic acids is 1. The number of halogens is 1. The van der Waals surface area contributed by atoms with Gasteiger partial charge in [-0.15, -0.1) is 12.4 Å². The van der Waals surface area contributed by atoms with Gasteiger partial charge in [0.25, 0.3) is 0 Å². The van der Waals surface area contributed by atoms with Crippen molar-refractivity contribution in [2.45, 2.75) is 30.6 Å². The summed E-state index contributed by atoms with van der Waals surface area (Å²) in [5, 5.41) is 8.64. The lowest BCUT2D eigenvalue weighted by atomic mass is 10.1. The maximum atomic E-state index is 12.2. The Morgan fingerprint density at radius 2 is 1.78 bits per heavy atom. The Morgan fingerprint density at radius 3 is 2.35 bits per heavy atom. The predicted molar refractivity (Wildman–Crippen MR) is 90.5 cm³/mol. The van der Waals surface area contributed by atoms with Crippen LogP contribution in [0.15, 0.2) is 29.2 Å². The van der Waals surface area contributed by atoms with E-state index in [0.717, 1.165) is 25.2 Å². The van der Waals surface area contributed by atoms with Crippen molar-refractivity contribution in [1.82, 2.24) is 9.62 Å². The van der Waals surface area contributed by atoms with Crippen LogP contribution in [-0.4, -0.2) is 50.6 Å². The highest BCUT2D eigenvalue weighted by Crippen LogP contribution is 2.12. The number of likely N-dealkylation sites (tertiary alicyclic amines) is 1. The minimum Gasteiger partial charge on any atom is -0.481 e. The van der Waals surface area contributed by atoms with Crippen LogP contribution in [0, 0.1) is 0 Å². The molecule has 2 N–H and O–H groups in total. The molecule has 1 aromatic rings. The molecule has 0 radical (unpaired) electrons. The van der Waals surface area contributed by atoms with Crippen LogP contribution >= 0.6 is 12.4 Å². The highest BCUT2D eigenvalue weighted by atomic mass is 35.5. The molecule has 0 amide bonds. The van der Waals surface area contributed by atoms with Crippen molar-refractivity contribution < 1.29 is 18.3 Å². The van der Waals surface area contributed by atoms with Gasteiger partial charge in [0.2, 0.25) is 10.0 Å². The molecule has 1 aromatic carbocycles. The number of aryl methyl sites for hydroxylation is 1. The lowest BCUT2D eigenvalue weighted by Gasteiger charge is -2.15. The molecule has 1 aliphatic rings. The van der Waals surface area contributed by atoms with Crippen LogP contribution in [0.2, 0.25) is 0 Å². The molecule has 0 aromatic heterocycles. The van der Waals surface area contributed by atoms with Gasteiger partial charge in [-0.2, -0.15) is 0 Å². The van der Waals surface area contributed by atoms with Gasteiger partial charge in [0.15, 0.2) is 0 Å². The number of hydrogen-bond acceptors (Lipinski definition) is 4. The van der Waals surface area contributed by atoms with E-state index in [4.69, 9.17) is 5.11 Å². The summed E-state index contributed by atoms with van der Waals surface area (Å²) in [4.78, 5) is 13.0. The molecule has 0 saturated carbocycles. The summed E-state index contributed by atoms with van der Waals surface area (Å²) in [7, 11) is -3.49. The van der Waals surface area contributed by atoms with Gasteiger partial charge in [-0.25, -0.2) is 13.1 Å². The van der Waals surface area contributed by atoms with E-state index in [-0.39, 0.29) is 23.7 Å². The average molecular weight is 363 g/mol. The number of rotatable bonds is 8. The molecule has 0 atom stereocenters. The zero-order valence-electron chi connectivity index (χ0n) is 12.9. The Balaban J connectivity index is 0.00000264. The third-order valence-electron chi connectivity index (χ3n) is 3.78. The first kappa shape index (κ1) is 19.9. The second-order valence-corrected chi connectivity index (χ2v) is 7.25. The zero-order chi connectivity index (χ0) is 16.0. The van der Waals surface area contributed by atoms with E-state index in [0.29, 0.717) is 13.0 Å². The largest absolute Gasteiger partial charge is 0.481 e. The van der Waals surface area contributed by atoms with Crippen LogP contribution in [0.1, 0.15) is 24.8 Å². The van der Waals surface area contributed by atoms with Crippen molar-refractivity contribution in [2.24, 2.45) is 0 Å². The second kappa shape index (κ2) is 9.22. The number of aliphatic carboxylic acids is 1. The highest BCUT2D eigenvalue weighted by molar-refractivity contribution is 7.89. The SMILES string of the molecule is Cl.O=C(O)CCc1ccc(S(=O)(=O)NCCN2CCCC2)cc1. The van der Waals surface area contributed by atoms with E-state index >= 15 is 0 Å². The first-order valence-corrected chi connectivity index (χ1v) is 8.98. The zero-order valence-corrected chi connectivity index (χ0v) is 14.5. The van der Waals surface area contributed by atoms with Gasteiger partial charge in [0.05, 0.1) is 4.90 Å². The monoisotopic (exact) mass is 362 g/mol. The number of nitrogens with zero attached hydrogens (tertiary/aromatic N) is 1. The molecule has 1 saturated heterocycles. The molecule has 130 valence electrons. The first-order valence-electron chi connectivity index (χ1n) is 7.50. The fourth-order valence-corrected chi connectivity index (χ4v) is 3.54. The smallest absolute Gasteiger partial charge is 0.303 e. The first-order chi connectivity index (χ1) is 10.5. The van der Waals surface area contributed by atoms with Gasteiger partial charge in [0.1, 0.15) is 0 Å². The number of carboxylic acid groups (broad SMARTS) is 1. The van der Waals surface area contributed by atoms with Crippen molar-refractivity contribution in [3.05, 3.63) is 29.8 Å². The summed E-state index contributed by atoms with van der Waals surface area (Å²) in [6.45, 7) is 3.22. The van der Waals surface area contributed by atoms with Gasteiger partial charge in [-0.3, -0.25) is 4.79 Å². The van der Waals surface area contributed by atoms with Crippen molar-refractivity contribution in [3.63, 3.8) is 0 Å². The third kappa shape index (κ3) is 6.47. The quantitative estimate of drug-likeness (QED) is 0.731. The van der Waals surface area contributed by atoms with E-state index in [2.05, 4.69) is 9.62 Å². The van der Waals surface area contributed by atoms with Crippen LogP contribution in [0.25, 0.3) is 0 Å². The predicted octanol–water partition coefficient (Wildman–Crippen LogP) is 1.50. The van der Waals surface area contributed by atoms with E-state index < -0.39 is 16.0 Å². The molecule has 0 unspecified atom stereocenters. The lowest BCUT2D eigenvalue weighted by molar-refractivity contribution is -0.136. The number of hydrogen-bond donors (Lipinski definition) is 2. The molecule has 2 rings (SSSR count). The van der Waals surface area contributed by atoms with Crippen molar-refractivity contribution in [1.29, 1.82) is 0 Å². The van der Waals surface area contributed by atoms with Crippen LogP contribution < -0.4 is 4.72 Å². The van der Waals surface area contributed by atoms with Gasteiger partial charge in [0, 0.05) is 19.5 Å². The molecule has 1 fully saturated rings. The van der Waals surface area contributed by atoms with Crippen LogP contribution in [0.5, 0.6) is 0 Å². The Bertz CT molecular complexity index is 598. The minimum absolute atomic E-state index is 0. The second-order valence-electron chi connectivity index (χ2n) is 5.48. The van der Waals surface area contributed by atoms with E-state index in [9.17, 15) is 13.2 Å². The summed E-state index contributed by atoms with van der Waals surface area (Å²) in [6, 6.07) is 6.38. The molecule has 8 heteroatoms. The average Bonchev–Trinajstić information content (AvgIpc) is 2.98. The molecule has 0 bridgehead atoms. The lowest BCUT2D eigenvalue weighted by Crippen LogP contribution is -2.33. The fraction of sp³-hybridized carbons (Fsp3) is 0.533. The Hall–Kier alpha value is -1.15. The van der Waals surface area contributed by atoms with Crippen molar-refractivity contribution in [3.8, 4) is 0 Å². The van der Waals surface area contributed by atoms with Crippen LogP contribution in [0.4, 0.5) is 0 Å². The van der Waals surface area contributed by atoms with E-state index in [1.165, 1.54) is 25.0 Å². The summed E-state index contributed by atoms with van der Waals surface area (Å²) in [6.07, 6.45) is 2.81. The third-order valence-corrected chi connectivity index (χ3v) is 5.26. The summed E-state index contributed by atoms with van der Waals surface area (Å²) in [5.74, 6) is -0.861. The highest BCUT2D eigenvalue weighted by Gasteiger charge is 2.15. The molecule has 0 spiro atoms. The molecule has 1 aliphatic heterocycles. The summed E-state index contributed by atoms with van der Waals surface area (Å²) >= 11 is 0. The van der Waals surface area contributed by atoms with Gasteiger partial charge in [-0.05, 0) is 50.0 Å². The Morgan fingerprint density at radius 1 is 1.17 bits per heavy atom. The maximum Gasteiger partial charge on any atom is 0.303 e. The Labute approximate surface area is 143 Å². The van der Waals surface area contributed by atoms with Crippen molar-refractivity contribution >= 4 is 28.4 Å². The van der Waals surface area contributed by atoms with Gasteiger partial charge >= 0.3 is 5.97 Å². The maximum absolute atomic E-state index is 12.2. The molecular formula is C15H23ClN2O4S. The molecule has 0 aliphatic carbocycles. The molecular weight excluding hydrogens is 340 g/mol. The summed E-state index contributed by atoms with van der Waals surface area (Å²) < 4.78 is 26.9. The van der Waals surface area contributed by atoms with Gasteiger partial charge < -0.3 is 10.0 Å². The molecule has 23 heavy (non-hydrogen) atoms.